The molecule has 1 unspecified atom stereocenters. The summed E-state index contributed by atoms with van der Waals surface area (Å²) in [6.45, 7) is 6.12. The van der Waals surface area contributed by atoms with Crippen LogP contribution in [-0.4, -0.2) is 37.4 Å². The van der Waals surface area contributed by atoms with Crippen molar-refractivity contribution in [2.24, 2.45) is 0 Å². The lowest BCUT2D eigenvalue weighted by Crippen LogP contribution is -2.39. The van der Waals surface area contributed by atoms with Crippen molar-refractivity contribution in [3.05, 3.63) is 65.7 Å². The number of esters is 1. The number of carbonyl (C=O) groups excluding carboxylic acids is 1. The maximum absolute atomic E-state index is 12.5. The molecule has 0 spiro atoms. The summed E-state index contributed by atoms with van der Waals surface area (Å²) < 4.78 is 12.5. The fourth-order valence-corrected chi connectivity index (χ4v) is 4.59. The SMILES string of the molecule is CCCCCCCCCCc1cccc(OC(CC)OC(=O)CCC[N+](C)(C)Cc2ccccc2)c1. The van der Waals surface area contributed by atoms with E-state index in [-0.39, 0.29) is 5.97 Å². The van der Waals surface area contributed by atoms with Crippen molar-refractivity contribution in [1.29, 1.82) is 0 Å². The third-order valence-corrected chi connectivity index (χ3v) is 6.68. The zero-order valence-corrected chi connectivity index (χ0v) is 23.3. The predicted molar refractivity (Wildman–Crippen MR) is 150 cm³/mol. The van der Waals surface area contributed by atoms with Gasteiger partial charge in [-0.3, -0.25) is 4.79 Å². The predicted octanol–water partition coefficient (Wildman–Crippen LogP) is 8.08. The summed E-state index contributed by atoms with van der Waals surface area (Å²) in [6, 6.07) is 18.8. The molecule has 0 aliphatic rings. The van der Waals surface area contributed by atoms with E-state index in [9.17, 15) is 4.79 Å². The maximum atomic E-state index is 12.5. The lowest BCUT2D eigenvalue weighted by Gasteiger charge is -2.30. The van der Waals surface area contributed by atoms with Crippen molar-refractivity contribution in [2.75, 3.05) is 20.6 Å². The molecule has 200 valence electrons. The van der Waals surface area contributed by atoms with Crippen LogP contribution >= 0.6 is 0 Å². The molecule has 0 fully saturated rings. The monoisotopic (exact) mass is 496 g/mol. The summed E-state index contributed by atoms with van der Waals surface area (Å²) in [7, 11) is 4.41. The number of nitrogens with zero attached hydrogens (tertiary/aromatic N) is 1. The molecule has 2 aromatic carbocycles. The lowest BCUT2D eigenvalue weighted by molar-refractivity contribution is -0.903. The van der Waals surface area contributed by atoms with Gasteiger partial charge in [0.05, 0.1) is 27.1 Å². The number of carbonyl (C=O) groups is 1. The number of ether oxygens (including phenoxy) is 2. The largest absolute Gasteiger partial charge is 0.455 e. The highest BCUT2D eigenvalue weighted by molar-refractivity contribution is 5.69. The number of unbranched alkanes of at least 4 members (excludes halogenated alkanes) is 7. The van der Waals surface area contributed by atoms with Crippen LogP contribution in [0.3, 0.4) is 0 Å². The molecule has 0 radical (unpaired) electrons. The summed E-state index contributed by atoms with van der Waals surface area (Å²) in [5, 5.41) is 0. The van der Waals surface area contributed by atoms with E-state index < -0.39 is 6.29 Å². The molecule has 0 aromatic heterocycles. The minimum Gasteiger partial charge on any atom is -0.455 e. The highest BCUT2D eigenvalue weighted by Gasteiger charge is 2.19. The quantitative estimate of drug-likeness (QED) is 0.0853. The van der Waals surface area contributed by atoms with Crippen LogP contribution in [0, 0.1) is 0 Å². The third kappa shape index (κ3) is 13.1. The first-order chi connectivity index (χ1) is 17.4. The van der Waals surface area contributed by atoms with E-state index in [2.05, 4.69) is 57.4 Å². The molecule has 2 rings (SSSR count). The van der Waals surface area contributed by atoms with Gasteiger partial charge in [-0.05, 0) is 30.5 Å². The van der Waals surface area contributed by atoms with E-state index in [4.69, 9.17) is 9.47 Å². The highest BCUT2D eigenvalue weighted by atomic mass is 16.7. The van der Waals surface area contributed by atoms with Crippen molar-refractivity contribution >= 4 is 5.97 Å². The number of rotatable bonds is 19. The van der Waals surface area contributed by atoms with Gasteiger partial charge in [0.2, 0.25) is 6.29 Å². The Hall–Kier alpha value is -2.33. The normalized spacial score (nSPS) is 12.3. The van der Waals surface area contributed by atoms with Gasteiger partial charge in [0, 0.05) is 18.4 Å². The fraction of sp³-hybridized carbons (Fsp3) is 0.594. The molecule has 0 N–H and O–H groups in total. The average Bonchev–Trinajstić information content (AvgIpc) is 2.85. The number of aryl methyl sites for hydroxylation is 1. The van der Waals surface area contributed by atoms with Crippen molar-refractivity contribution in [3.8, 4) is 5.75 Å². The minimum absolute atomic E-state index is 0.184. The lowest BCUT2D eigenvalue weighted by atomic mass is 10.0. The Morgan fingerprint density at radius 3 is 2.17 bits per heavy atom. The van der Waals surface area contributed by atoms with Crippen LogP contribution in [0.25, 0.3) is 0 Å². The Balaban J connectivity index is 1.68. The highest BCUT2D eigenvalue weighted by Crippen LogP contribution is 2.19. The molecule has 1 atom stereocenters. The molecule has 0 amide bonds. The van der Waals surface area contributed by atoms with E-state index in [1.54, 1.807) is 0 Å². The smallest absolute Gasteiger partial charge is 0.309 e. The molecule has 0 saturated heterocycles. The van der Waals surface area contributed by atoms with Gasteiger partial charge in [-0.15, -0.1) is 0 Å². The fourth-order valence-electron chi connectivity index (χ4n) is 4.59. The molecule has 36 heavy (non-hydrogen) atoms. The zero-order chi connectivity index (χ0) is 26.1. The van der Waals surface area contributed by atoms with Gasteiger partial charge in [0.1, 0.15) is 12.3 Å². The molecule has 2 aromatic rings. The second-order valence-electron chi connectivity index (χ2n) is 10.7. The topological polar surface area (TPSA) is 35.5 Å². The van der Waals surface area contributed by atoms with Crippen molar-refractivity contribution in [2.45, 2.75) is 104 Å². The molecule has 0 aliphatic carbocycles. The summed E-state index contributed by atoms with van der Waals surface area (Å²) in [4.78, 5) is 12.5. The Labute approximate surface area is 220 Å². The van der Waals surface area contributed by atoms with E-state index in [1.807, 2.05) is 25.1 Å². The standard InChI is InChI=1S/C32H50NO3/c1-5-7-8-9-10-11-12-14-19-28-22-17-23-30(26-28)35-32(6-2)36-31(34)24-18-25-33(3,4)27-29-20-15-13-16-21-29/h13,15-17,20-23,26,32H,5-12,14,18-19,24-25,27H2,1-4H3/q+1. The Kier molecular flexibility index (Phi) is 14.3. The van der Waals surface area contributed by atoms with Gasteiger partial charge in [-0.25, -0.2) is 0 Å². The van der Waals surface area contributed by atoms with Crippen LogP contribution in [-0.2, 0) is 22.5 Å². The van der Waals surface area contributed by atoms with E-state index in [0.717, 1.165) is 36.2 Å². The average molecular weight is 497 g/mol. The van der Waals surface area contributed by atoms with Crippen molar-refractivity contribution < 1.29 is 18.8 Å². The molecule has 0 saturated carbocycles. The van der Waals surface area contributed by atoms with E-state index in [0.29, 0.717) is 12.8 Å². The number of hydrogen-bond acceptors (Lipinski definition) is 3. The Morgan fingerprint density at radius 2 is 1.47 bits per heavy atom. The van der Waals surface area contributed by atoms with Crippen LogP contribution in [0.15, 0.2) is 54.6 Å². The molecular weight excluding hydrogens is 446 g/mol. The Morgan fingerprint density at radius 1 is 0.806 bits per heavy atom. The molecular formula is C32H50NO3+. The van der Waals surface area contributed by atoms with Crippen LogP contribution in [0.1, 0.15) is 95.6 Å². The number of quaternary nitrogens is 1. The summed E-state index contributed by atoms with van der Waals surface area (Å²) in [5.41, 5.74) is 2.60. The van der Waals surface area contributed by atoms with Gasteiger partial charge in [0.25, 0.3) is 0 Å². The van der Waals surface area contributed by atoms with E-state index >= 15 is 0 Å². The summed E-state index contributed by atoms with van der Waals surface area (Å²) in [6.07, 6.45) is 13.0. The summed E-state index contributed by atoms with van der Waals surface area (Å²) >= 11 is 0. The maximum Gasteiger partial charge on any atom is 0.309 e. The first kappa shape index (κ1) is 29.9. The van der Waals surface area contributed by atoms with Gasteiger partial charge < -0.3 is 14.0 Å². The number of hydrogen-bond donors (Lipinski definition) is 0. The first-order valence-electron chi connectivity index (χ1n) is 14.2. The molecule has 4 nitrogen and oxygen atoms in total. The second kappa shape index (κ2) is 17.2. The molecule has 0 aliphatic heterocycles. The first-order valence-corrected chi connectivity index (χ1v) is 14.2. The van der Waals surface area contributed by atoms with Crippen LogP contribution in [0.4, 0.5) is 0 Å². The number of benzene rings is 2. The van der Waals surface area contributed by atoms with Crippen LogP contribution in [0.2, 0.25) is 0 Å². The van der Waals surface area contributed by atoms with Gasteiger partial charge in [-0.2, -0.15) is 0 Å². The van der Waals surface area contributed by atoms with Crippen LogP contribution in [0.5, 0.6) is 5.75 Å². The van der Waals surface area contributed by atoms with E-state index in [1.165, 1.54) is 62.5 Å². The van der Waals surface area contributed by atoms with Crippen molar-refractivity contribution in [1.82, 2.24) is 0 Å². The second-order valence-corrected chi connectivity index (χ2v) is 10.7. The Bertz CT molecular complexity index is 849. The summed E-state index contributed by atoms with van der Waals surface area (Å²) in [5.74, 6) is 0.601. The third-order valence-electron chi connectivity index (χ3n) is 6.68. The molecule has 0 bridgehead atoms. The van der Waals surface area contributed by atoms with Gasteiger partial charge in [-0.1, -0.05) is 101 Å². The van der Waals surface area contributed by atoms with Gasteiger partial charge >= 0.3 is 5.97 Å². The minimum atomic E-state index is -0.539. The van der Waals surface area contributed by atoms with Gasteiger partial charge in [0.15, 0.2) is 0 Å². The van der Waals surface area contributed by atoms with Crippen LogP contribution < -0.4 is 4.74 Å². The van der Waals surface area contributed by atoms with Crippen molar-refractivity contribution in [3.63, 3.8) is 0 Å². The molecule has 4 heteroatoms. The molecule has 0 heterocycles. The zero-order valence-electron chi connectivity index (χ0n) is 23.3.